The van der Waals surface area contributed by atoms with Gasteiger partial charge < -0.3 is 0 Å². The third kappa shape index (κ3) is 7.90. The molecule has 0 aliphatic heterocycles. The lowest BCUT2D eigenvalue weighted by Gasteiger charge is -2.08. The van der Waals surface area contributed by atoms with Gasteiger partial charge in [0.15, 0.2) is 0 Å². The highest BCUT2D eigenvalue weighted by molar-refractivity contribution is 4.71. The van der Waals surface area contributed by atoms with Crippen LogP contribution < -0.4 is 0 Å². The summed E-state index contributed by atoms with van der Waals surface area (Å²) in [5, 5.41) is 0. The lowest BCUT2D eigenvalue weighted by molar-refractivity contribution is 0.540. The van der Waals surface area contributed by atoms with Gasteiger partial charge >= 0.3 is 0 Å². The SMILES string of the molecule is CCCC[CH]C(C)CCCC. The summed E-state index contributed by atoms with van der Waals surface area (Å²) < 4.78 is 0. The summed E-state index contributed by atoms with van der Waals surface area (Å²) in [5.41, 5.74) is 0. The van der Waals surface area contributed by atoms with E-state index in [9.17, 15) is 0 Å². The van der Waals surface area contributed by atoms with Crippen molar-refractivity contribution in [2.45, 2.75) is 59.3 Å². The van der Waals surface area contributed by atoms with E-state index in [2.05, 4.69) is 27.2 Å². The van der Waals surface area contributed by atoms with Gasteiger partial charge in [0.25, 0.3) is 0 Å². The number of hydrogen-bond donors (Lipinski definition) is 0. The second-order valence-corrected chi connectivity index (χ2v) is 3.50. The highest BCUT2D eigenvalue weighted by atomic mass is 14.1. The summed E-state index contributed by atoms with van der Waals surface area (Å²) in [7, 11) is 0. The maximum atomic E-state index is 2.49. The Labute approximate surface area is 72.4 Å². The van der Waals surface area contributed by atoms with E-state index in [1.165, 1.54) is 38.5 Å². The Morgan fingerprint density at radius 3 is 2.27 bits per heavy atom. The molecule has 1 unspecified atom stereocenters. The van der Waals surface area contributed by atoms with Gasteiger partial charge in [-0.3, -0.25) is 0 Å². The van der Waals surface area contributed by atoms with Gasteiger partial charge in [-0.2, -0.15) is 0 Å². The zero-order chi connectivity index (χ0) is 8.53. The molecule has 67 valence electrons. The first kappa shape index (κ1) is 11.0. The Morgan fingerprint density at radius 1 is 1.09 bits per heavy atom. The van der Waals surface area contributed by atoms with Crippen molar-refractivity contribution in [3.8, 4) is 0 Å². The van der Waals surface area contributed by atoms with Crippen LogP contribution in [-0.4, -0.2) is 0 Å². The molecule has 11 heavy (non-hydrogen) atoms. The molecule has 0 N–H and O–H groups in total. The summed E-state index contributed by atoms with van der Waals surface area (Å²) >= 11 is 0. The van der Waals surface area contributed by atoms with Crippen LogP contribution in [0.1, 0.15) is 59.3 Å². The largest absolute Gasteiger partial charge is 0.0654 e. The molecule has 0 nitrogen and oxygen atoms in total. The van der Waals surface area contributed by atoms with Gasteiger partial charge in [0.05, 0.1) is 0 Å². The van der Waals surface area contributed by atoms with Crippen molar-refractivity contribution in [3.05, 3.63) is 6.42 Å². The van der Waals surface area contributed by atoms with E-state index >= 15 is 0 Å². The third-order valence-corrected chi connectivity index (χ3v) is 2.14. The van der Waals surface area contributed by atoms with Crippen molar-refractivity contribution in [1.29, 1.82) is 0 Å². The maximum absolute atomic E-state index is 2.49. The number of hydrogen-bond acceptors (Lipinski definition) is 0. The van der Waals surface area contributed by atoms with Gasteiger partial charge in [0.1, 0.15) is 0 Å². The van der Waals surface area contributed by atoms with Crippen molar-refractivity contribution in [2.75, 3.05) is 0 Å². The lowest BCUT2D eigenvalue weighted by Crippen LogP contribution is -1.95. The molecule has 0 aromatic rings. The van der Waals surface area contributed by atoms with Gasteiger partial charge in [0.2, 0.25) is 0 Å². The van der Waals surface area contributed by atoms with Crippen LogP contribution in [0.25, 0.3) is 0 Å². The standard InChI is InChI=1S/C11H23/c1-4-6-8-10-11(3)9-7-5-2/h10-11H,4-9H2,1-3H3. The maximum Gasteiger partial charge on any atom is -0.0358 e. The average molecular weight is 155 g/mol. The minimum Gasteiger partial charge on any atom is -0.0654 e. The smallest absolute Gasteiger partial charge is 0.0358 e. The van der Waals surface area contributed by atoms with E-state index < -0.39 is 0 Å². The zero-order valence-electron chi connectivity index (χ0n) is 8.40. The number of unbranched alkanes of at least 4 members (excludes halogenated alkanes) is 3. The molecule has 0 aromatic carbocycles. The van der Waals surface area contributed by atoms with Gasteiger partial charge in [-0.1, -0.05) is 52.9 Å². The second-order valence-electron chi connectivity index (χ2n) is 3.50. The molecular formula is C11H23. The monoisotopic (exact) mass is 155 g/mol. The zero-order valence-corrected chi connectivity index (χ0v) is 8.40. The van der Waals surface area contributed by atoms with Gasteiger partial charge in [-0.25, -0.2) is 0 Å². The first-order valence-electron chi connectivity index (χ1n) is 5.14. The average Bonchev–Trinajstić information content (AvgIpc) is 2.01. The molecule has 0 saturated heterocycles. The van der Waals surface area contributed by atoms with E-state index in [1.807, 2.05) is 0 Å². The van der Waals surface area contributed by atoms with E-state index in [0.717, 1.165) is 5.92 Å². The molecule has 0 aromatic heterocycles. The molecule has 0 aliphatic rings. The van der Waals surface area contributed by atoms with Crippen LogP contribution in [0.3, 0.4) is 0 Å². The molecule has 0 saturated carbocycles. The Morgan fingerprint density at radius 2 is 1.73 bits per heavy atom. The predicted octanol–water partition coefficient (Wildman–Crippen LogP) is 4.21. The summed E-state index contributed by atoms with van der Waals surface area (Å²) in [5.74, 6) is 0.849. The topological polar surface area (TPSA) is 0 Å². The summed E-state index contributed by atoms with van der Waals surface area (Å²) in [6.07, 6.45) is 10.6. The van der Waals surface area contributed by atoms with E-state index in [4.69, 9.17) is 0 Å². The summed E-state index contributed by atoms with van der Waals surface area (Å²) in [4.78, 5) is 0. The first-order chi connectivity index (χ1) is 5.31. The van der Waals surface area contributed by atoms with Gasteiger partial charge in [0, 0.05) is 0 Å². The molecule has 1 atom stereocenters. The molecular weight excluding hydrogens is 132 g/mol. The van der Waals surface area contributed by atoms with Crippen LogP contribution in [-0.2, 0) is 0 Å². The van der Waals surface area contributed by atoms with E-state index in [-0.39, 0.29) is 0 Å². The Hall–Kier alpha value is 0. The van der Waals surface area contributed by atoms with Crippen LogP contribution in [0, 0.1) is 12.3 Å². The molecule has 0 aliphatic carbocycles. The molecule has 0 amide bonds. The minimum atomic E-state index is 0.849. The quantitative estimate of drug-likeness (QED) is 0.483. The van der Waals surface area contributed by atoms with Gasteiger partial charge in [-0.05, 0) is 18.8 Å². The molecule has 0 heterocycles. The van der Waals surface area contributed by atoms with Gasteiger partial charge in [-0.15, -0.1) is 0 Å². The highest BCUT2D eigenvalue weighted by Gasteiger charge is 1.99. The molecule has 0 spiro atoms. The van der Waals surface area contributed by atoms with E-state index in [0.29, 0.717) is 0 Å². The van der Waals surface area contributed by atoms with E-state index in [1.54, 1.807) is 0 Å². The molecule has 0 bridgehead atoms. The van der Waals surface area contributed by atoms with Crippen LogP contribution in [0.4, 0.5) is 0 Å². The summed E-state index contributed by atoms with van der Waals surface area (Å²) in [6.45, 7) is 6.86. The van der Waals surface area contributed by atoms with Crippen LogP contribution in [0.15, 0.2) is 0 Å². The normalized spacial score (nSPS) is 13.4. The Bertz CT molecular complexity index is 66.4. The molecule has 1 radical (unpaired) electrons. The first-order valence-corrected chi connectivity index (χ1v) is 5.14. The fourth-order valence-electron chi connectivity index (χ4n) is 1.25. The fraction of sp³-hybridized carbons (Fsp3) is 0.909. The van der Waals surface area contributed by atoms with Crippen LogP contribution in [0.5, 0.6) is 0 Å². The highest BCUT2D eigenvalue weighted by Crippen LogP contribution is 2.14. The third-order valence-electron chi connectivity index (χ3n) is 2.14. The fourth-order valence-corrected chi connectivity index (χ4v) is 1.25. The second kappa shape index (κ2) is 8.10. The predicted molar refractivity (Wildman–Crippen MR) is 52.5 cm³/mol. The van der Waals surface area contributed by atoms with Crippen LogP contribution in [0.2, 0.25) is 0 Å². The Kier molecular flexibility index (Phi) is 8.10. The Balaban J connectivity index is 3.02. The minimum absolute atomic E-state index is 0.849. The van der Waals surface area contributed by atoms with Crippen molar-refractivity contribution < 1.29 is 0 Å². The molecule has 0 heteroatoms. The molecule has 0 fully saturated rings. The van der Waals surface area contributed by atoms with Crippen LogP contribution >= 0.6 is 0 Å². The van der Waals surface area contributed by atoms with Crippen molar-refractivity contribution >= 4 is 0 Å². The lowest BCUT2D eigenvalue weighted by atomic mass is 9.98. The number of rotatable bonds is 7. The van der Waals surface area contributed by atoms with Crippen molar-refractivity contribution in [1.82, 2.24) is 0 Å². The summed E-state index contributed by atoms with van der Waals surface area (Å²) in [6, 6.07) is 0. The molecule has 0 rings (SSSR count). The van der Waals surface area contributed by atoms with Crippen molar-refractivity contribution in [3.63, 3.8) is 0 Å². The van der Waals surface area contributed by atoms with Crippen molar-refractivity contribution in [2.24, 2.45) is 5.92 Å².